The Morgan fingerprint density at radius 1 is 1.67 bits per heavy atom. The molecule has 1 aromatic heterocycles. The molecule has 0 radical (unpaired) electrons. The van der Waals surface area contributed by atoms with Crippen LogP contribution in [0.1, 0.15) is 25.5 Å². The zero-order valence-electron chi connectivity index (χ0n) is 10.9. The van der Waals surface area contributed by atoms with Crippen molar-refractivity contribution >= 4 is 28.6 Å². The number of halogens is 1. The van der Waals surface area contributed by atoms with E-state index in [2.05, 4.69) is 44.5 Å². The standard InChI is InChI=1S/C12H20IN5/c1-9-4-3-5-18(7-9)12(14)15-6-11-10(13)8-17(2)16-11/h8-9H,3-7H2,1-2H3,(H2,14,15). The van der Waals surface area contributed by atoms with Gasteiger partial charge in [-0.3, -0.25) is 4.68 Å². The molecular weight excluding hydrogens is 341 g/mol. The van der Waals surface area contributed by atoms with Crippen molar-refractivity contribution in [1.29, 1.82) is 0 Å². The van der Waals surface area contributed by atoms with Crippen LogP contribution in [-0.2, 0) is 13.6 Å². The van der Waals surface area contributed by atoms with Crippen molar-refractivity contribution < 1.29 is 0 Å². The molecule has 0 aromatic carbocycles. The van der Waals surface area contributed by atoms with Gasteiger partial charge in [0.25, 0.3) is 0 Å². The Hall–Kier alpha value is -0.790. The number of hydrogen-bond donors (Lipinski definition) is 1. The van der Waals surface area contributed by atoms with Gasteiger partial charge in [0.15, 0.2) is 5.96 Å². The lowest BCUT2D eigenvalue weighted by Crippen LogP contribution is -2.43. The normalized spacial score (nSPS) is 21.4. The summed E-state index contributed by atoms with van der Waals surface area (Å²) >= 11 is 2.28. The van der Waals surface area contributed by atoms with E-state index >= 15 is 0 Å². The lowest BCUT2D eigenvalue weighted by molar-refractivity contribution is 0.270. The Balaban J connectivity index is 1.98. The zero-order chi connectivity index (χ0) is 13.1. The van der Waals surface area contributed by atoms with Gasteiger partial charge in [-0.25, -0.2) is 4.99 Å². The topological polar surface area (TPSA) is 59.4 Å². The fourth-order valence-corrected chi connectivity index (χ4v) is 2.95. The van der Waals surface area contributed by atoms with E-state index in [1.807, 2.05) is 17.9 Å². The van der Waals surface area contributed by atoms with Crippen molar-refractivity contribution in [3.05, 3.63) is 15.5 Å². The Morgan fingerprint density at radius 2 is 2.44 bits per heavy atom. The van der Waals surface area contributed by atoms with E-state index in [0.717, 1.165) is 22.4 Å². The molecule has 1 atom stereocenters. The minimum absolute atomic E-state index is 0.565. The molecular formula is C12H20IN5. The van der Waals surface area contributed by atoms with Crippen LogP contribution in [0.3, 0.4) is 0 Å². The van der Waals surface area contributed by atoms with Crippen LogP contribution < -0.4 is 5.73 Å². The predicted octanol–water partition coefficient (Wildman–Crippen LogP) is 1.57. The summed E-state index contributed by atoms with van der Waals surface area (Å²) in [6.07, 6.45) is 4.49. The van der Waals surface area contributed by atoms with Crippen LogP contribution in [0.2, 0.25) is 0 Å². The second kappa shape index (κ2) is 5.90. The molecule has 18 heavy (non-hydrogen) atoms. The van der Waals surface area contributed by atoms with Gasteiger partial charge >= 0.3 is 0 Å². The molecule has 0 amide bonds. The Kier molecular flexibility index (Phi) is 4.47. The first-order valence-corrected chi connectivity index (χ1v) is 7.37. The van der Waals surface area contributed by atoms with E-state index in [1.165, 1.54) is 12.8 Å². The summed E-state index contributed by atoms with van der Waals surface area (Å²) in [5.41, 5.74) is 7.05. The summed E-state index contributed by atoms with van der Waals surface area (Å²) in [5.74, 6) is 1.37. The van der Waals surface area contributed by atoms with E-state index in [9.17, 15) is 0 Å². The van der Waals surface area contributed by atoms with Gasteiger partial charge < -0.3 is 10.6 Å². The van der Waals surface area contributed by atoms with Crippen molar-refractivity contribution in [2.75, 3.05) is 13.1 Å². The SMILES string of the molecule is CC1CCCN(C(N)=NCc2nn(C)cc2I)C1. The maximum Gasteiger partial charge on any atom is 0.191 e. The quantitative estimate of drug-likeness (QED) is 0.494. The van der Waals surface area contributed by atoms with Gasteiger partial charge in [0.2, 0.25) is 0 Å². The first kappa shape index (κ1) is 13.6. The van der Waals surface area contributed by atoms with Gasteiger partial charge in [-0.2, -0.15) is 5.10 Å². The lowest BCUT2D eigenvalue weighted by Gasteiger charge is -2.31. The number of piperidine rings is 1. The third kappa shape index (κ3) is 3.37. The Morgan fingerprint density at radius 3 is 3.06 bits per heavy atom. The summed E-state index contributed by atoms with van der Waals surface area (Å²) in [5, 5.41) is 4.37. The molecule has 1 fully saturated rings. The summed E-state index contributed by atoms with van der Waals surface area (Å²) in [6, 6.07) is 0. The van der Waals surface area contributed by atoms with Crippen molar-refractivity contribution in [1.82, 2.24) is 14.7 Å². The molecule has 1 aromatic rings. The van der Waals surface area contributed by atoms with Crippen LogP contribution in [0, 0.1) is 9.49 Å². The summed E-state index contributed by atoms with van der Waals surface area (Å²) in [7, 11) is 1.92. The van der Waals surface area contributed by atoms with E-state index in [1.54, 1.807) is 0 Å². The average Bonchev–Trinajstić information content (AvgIpc) is 2.65. The van der Waals surface area contributed by atoms with Crippen molar-refractivity contribution in [3.8, 4) is 0 Å². The number of rotatable bonds is 2. The maximum absolute atomic E-state index is 6.05. The highest BCUT2D eigenvalue weighted by Gasteiger charge is 2.17. The van der Waals surface area contributed by atoms with Crippen molar-refractivity contribution in [2.24, 2.45) is 23.7 Å². The van der Waals surface area contributed by atoms with Gasteiger partial charge in [-0.1, -0.05) is 6.92 Å². The molecule has 1 aliphatic rings. The van der Waals surface area contributed by atoms with Crippen LogP contribution in [0.5, 0.6) is 0 Å². The van der Waals surface area contributed by atoms with Crippen LogP contribution in [0.4, 0.5) is 0 Å². The first-order valence-electron chi connectivity index (χ1n) is 6.29. The Labute approximate surface area is 122 Å². The van der Waals surface area contributed by atoms with E-state index in [0.29, 0.717) is 18.4 Å². The van der Waals surface area contributed by atoms with Gasteiger partial charge in [0.05, 0.1) is 15.8 Å². The summed E-state index contributed by atoms with van der Waals surface area (Å²) in [6.45, 7) is 4.88. The van der Waals surface area contributed by atoms with Crippen molar-refractivity contribution in [3.63, 3.8) is 0 Å². The van der Waals surface area contributed by atoms with Gasteiger partial charge in [-0.15, -0.1) is 0 Å². The lowest BCUT2D eigenvalue weighted by atomic mass is 10.0. The second-order valence-corrected chi connectivity index (χ2v) is 6.13. The highest BCUT2D eigenvalue weighted by Crippen LogP contribution is 2.15. The maximum atomic E-state index is 6.05. The minimum Gasteiger partial charge on any atom is -0.370 e. The Bertz CT molecular complexity index is 440. The molecule has 2 rings (SSSR count). The van der Waals surface area contributed by atoms with E-state index in [4.69, 9.17) is 5.73 Å². The number of guanidine groups is 1. The van der Waals surface area contributed by atoms with Gasteiger partial charge in [0.1, 0.15) is 0 Å². The van der Waals surface area contributed by atoms with Crippen LogP contribution in [-0.4, -0.2) is 33.7 Å². The highest BCUT2D eigenvalue weighted by atomic mass is 127. The van der Waals surface area contributed by atoms with E-state index in [-0.39, 0.29) is 0 Å². The number of nitrogens with two attached hydrogens (primary N) is 1. The number of aryl methyl sites for hydroxylation is 1. The molecule has 2 N–H and O–H groups in total. The number of hydrogen-bond acceptors (Lipinski definition) is 2. The molecule has 1 saturated heterocycles. The van der Waals surface area contributed by atoms with Crippen molar-refractivity contribution in [2.45, 2.75) is 26.3 Å². The fraction of sp³-hybridized carbons (Fsp3) is 0.667. The molecule has 5 nitrogen and oxygen atoms in total. The summed E-state index contributed by atoms with van der Waals surface area (Å²) < 4.78 is 2.95. The zero-order valence-corrected chi connectivity index (χ0v) is 13.1. The molecule has 100 valence electrons. The molecule has 2 heterocycles. The molecule has 0 bridgehead atoms. The van der Waals surface area contributed by atoms with Crippen LogP contribution >= 0.6 is 22.6 Å². The summed E-state index contributed by atoms with van der Waals surface area (Å²) in [4.78, 5) is 6.65. The molecule has 0 saturated carbocycles. The van der Waals surface area contributed by atoms with Gasteiger partial charge in [-0.05, 0) is 41.4 Å². The highest BCUT2D eigenvalue weighted by molar-refractivity contribution is 14.1. The first-order chi connectivity index (χ1) is 8.56. The monoisotopic (exact) mass is 361 g/mol. The molecule has 0 spiro atoms. The third-order valence-electron chi connectivity index (χ3n) is 3.23. The molecule has 0 aliphatic carbocycles. The van der Waals surface area contributed by atoms with Gasteiger partial charge in [0, 0.05) is 26.3 Å². The third-order valence-corrected chi connectivity index (χ3v) is 4.13. The number of aliphatic imine (C=N–C) groups is 1. The number of likely N-dealkylation sites (tertiary alicyclic amines) is 1. The fourth-order valence-electron chi connectivity index (χ4n) is 2.27. The second-order valence-electron chi connectivity index (χ2n) is 4.97. The van der Waals surface area contributed by atoms with E-state index < -0.39 is 0 Å². The largest absolute Gasteiger partial charge is 0.370 e. The molecule has 1 unspecified atom stereocenters. The van der Waals surface area contributed by atoms with Crippen LogP contribution in [0.15, 0.2) is 11.2 Å². The predicted molar refractivity (Wildman–Crippen MR) is 81.2 cm³/mol. The number of nitrogens with zero attached hydrogens (tertiary/aromatic N) is 4. The minimum atomic E-state index is 0.565. The number of aromatic nitrogens is 2. The smallest absolute Gasteiger partial charge is 0.191 e. The molecule has 1 aliphatic heterocycles. The average molecular weight is 361 g/mol. The van der Waals surface area contributed by atoms with Crippen LogP contribution in [0.25, 0.3) is 0 Å². The molecule has 6 heteroatoms.